The molecule has 1 heterocycles. The molecule has 6 nitrogen and oxygen atoms in total. The van der Waals surface area contributed by atoms with E-state index in [0.29, 0.717) is 38.1 Å². The lowest BCUT2D eigenvalue weighted by atomic mass is 9.95. The quantitative estimate of drug-likeness (QED) is 0.841. The van der Waals surface area contributed by atoms with Gasteiger partial charge in [-0.2, -0.15) is 4.31 Å². The van der Waals surface area contributed by atoms with Gasteiger partial charge in [0.15, 0.2) is 5.03 Å². The molecule has 1 saturated carbocycles. The largest absolute Gasteiger partial charge is 0.334 e. The van der Waals surface area contributed by atoms with Crippen molar-refractivity contribution >= 4 is 15.8 Å². The second kappa shape index (κ2) is 5.65. The third-order valence-corrected chi connectivity index (χ3v) is 5.75. The fourth-order valence-corrected chi connectivity index (χ4v) is 3.96. The lowest BCUT2D eigenvalue weighted by molar-refractivity contribution is -0.120. The Kier molecular flexibility index (Phi) is 4.29. The molecule has 1 aliphatic carbocycles. The molecule has 7 heteroatoms. The number of carbonyl (C=O) groups is 1. The average Bonchev–Trinajstić information content (AvgIpc) is 2.80. The molecule has 0 spiro atoms. The summed E-state index contributed by atoms with van der Waals surface area (Å²) in [5, 5.41) is 0.0938. The molecule has 0 saturated heterocycles. The molecule has 20 heavy (non-hydrogen) atoms. The van der Waals surface area contributed by atoms with Crippen molar-refractivity contribution in [1.29, 1.82) is 0 Å². The van der Waals surface area contributed by atoms with Crippen LogP contribution in [0.15, 0.2) is 11.2 Å². The van der Waals surface area contributed by atoms with Crippen LogP contribution in [0.3, 0.4) is 0 Å². The standard InChI is InChI=1S/C13H21N3O3S/c1-4-16-9-13(14-10(16)2)20(18,19)15(3)11-5-7-12(17)8-6-11/h9,11H,4-8H2,1-3H3. The highest BCUT2D eigenvalue weighted by atomic mass is 32.2. The molecular formula is C13H21N3O3S. The highest BCUT2D eigenvalue weighted by Crippen LogP contribution is 2.24. The first-order chi connectivity index (χ1) is 9.36. The second-order valence-corrected chi connectivity index (χ2v) is 7.15. The van der Waals surface area contributed by atoms with Gasteiger partial charge in [-0.05, 0) is 26.7 Å². The van der Waals surface area contributed by atoms with Crippen LogP contribution in [0.5, 0.6) is 0 Å². The maximum absolute atomic E-state index is 12.6. The lowest BCUT2D eigenvalue weighted by Gasteiger charge is -2.29. The fraction of sp³-hybridized carbons (Fsp3) is 0.692. The Balaban J connectivity index is 2.22. The van der Waals surface area contributed by atoms with E-state index in [1.807, 2.05) is 11.5 Å². The zero-order chi connectivity index (χ0) is 14.9. The van der Waals surface area contributed by atoms with Gasteiger partial charge in [0, 0.05) is 38.7 Å². The van der Waals surface area contributed by atoms with Gasteiger partial charge >= 0.3 is 0 Å². The average molecular weight is 299 g/mol. The molecule has 0 aromatic carbocycles. The minimum atomic E-state index is -3.58. The van der Waals surface area contributed by atoms with Crippen molar-refractivity contribution in [2.75, 3.05) is 7.05 Å². The first-order valence-electron chi connectivity index (χ1n) is 6.89. The van der Waals surface area contributed by atoms with Gasteiger partial charge in [0.25, 0.3) is 10.0 Å². The molecule has 0 atom stereocenters. The number of imidazole rings is 1. The zero-order valence-corrected chi connectivity index (χ0v) is 13.0. The van der Waals surface area contributed by atoms with E-state index < -0.39 is 10.0 Å². The van der Waals surface area contributed by atoms with Gasteiger partial charge in [0.2, 0.25) is 0 Å². The molecule has 0 amide bonds. The van der Waals surface area contributed by atoms with Crippen molar-refractivity contribution in [3.8, 4) is 0 Å². The summed E-state index contributed by atoms with van der Waals surface area (Å²) in [7, 11) is -2.00. The van der Waals surface area contributed by atoms with E-state index in [4.69, 9.17) is 0 Å². The van der Waals surface area contributed by atoms with Crippen LogP contribution < -0.4 is 0 Å². The number of aromatic nitrogens is 2. The number of aryl methyl sites for hydroxylation is 2. The molecule has 0 aliphatic heterocycles. The van der Waals surface area contributed by atoms with Gasteiger partial charge in [-0.3, -0.25) is 4.79 Å². The molecule has 0 radical (unpaired) electrons. The van der Waals surface area contributed by atoms with Crippen LogP contribution in [0.2, 0.25) is 0 Å². The number of ketones is 1. The highest BCUT2D eigenvalue weighted by Gasteiger charge is 2.32. The number of hydrogen-bond acceptors (Lipinski definition) is 4. The first kappa shape index (κ1) is 15.2. The van der Waals surface area contributed by atoms with Gasteiger partial charge in [-0.25, -0.2) is 13.4 Å². The maximum atomic E-state index is 12.6. The Morgan fingerprint density at radius 1 is 1.40 bits per heavy atom. The fourth-order valence-electron chi connectivity index (χ4n) is 2.56. The van der Waals surface area contributed by atoms with Crippen molar-refractivity contribution in [3.63, 3.8) is 0 Å². The maximum Gasteiger partial charge on any atom is 0.262 e. The van der Waals surface area contributed by atoms with Crippen molar-refractivity contribution < 1.29 is 13.2 Å². The Labute approximate surface area is 119 Å². The summed E-state index contributed by atoms with van der Waals surface area (Å²) in [6, 6.07) is -0.107. The van der Waals surface area contributed by atoms with Crippen LogP contribution in [0, 0.1) is 6.92 Å². The van der Waals surface area contributed by atoms with E-state index in [-0.39, 0.29) is 16.9 Å². The molecule has 1 aliphatic rings. The summed E-state index contributed by atoms with van der Waals surface area (Å²) in [6.07, 6.45) is 3.71. The van der Waals surface area contributed by atoms with Crippen LogP contribution in [0.4, 0.5) is 0 Å². The predicted octanol–water partition coefficient (Wildman–Crippen LogP) is 1.34. The number of carbonyl (C=O) groups excluding carboxylic acids is 1. The van der Waals surface area contributed by atoms with E-state index in [0.717, 1.165) is 0 Å². The van der Waals surface area contributed by atoms with Crippen molar-refractivity contribution in [1.82, 2.24) is 13.9 Å². The molecule has 0 unspecified atom stereocenters. The van der Waals surface area contributed by atoms with Gasteiger partial charge < -0.3 is 4.57 Å². The summed E-state index contributed by atoms with van der Waals surface area (Å²) in [4.78, 5) is 15.4. The van der Waals surface area contributed by atoms with Gasteiger partial charge in [-0.15, -0.1) is 0 Å². The van der Waals surface area contributed by atoms with Crippen molar-refractivity contribution in [2.24, 2.45) is 0 Å². The molecule has 0 bridgehead atoms. The molecule has 1 fully saturated rings. The van der Waals surface area contributed by atoms with Crippen molar-refractivity contribution in [3.05, 3.63) is 12.0 Å². The molecule has 0 N–H and O–H groups in total. The number of sulfonamides is 1. The Bertz CT molecular complexity index is 596. The number of rotatable bonds is 4. The summed E-state index contributed by atoms with van der Waals surface area (Å²) in [5.41, 5.74) is 0. The van der Waals surface area contributed by atoms with Crippen LogP contribution in [0.25, 0.3) is 0 Å². The van der Waals surface area contributed by atoms with Gasteiger partial charge in [0.1, 0.15) is 11.6 Å². The number of hydrogen-bond donors (Lipinski definition) is 0. The van der Waals surface area contributed by atoms with Crippen LogP contribution in [0.1, 0.15) is 38.4 Å². The van der Waals surface area contributed by atoms with Crippen LogP contribution in [-0.4, -0.2) is 41.1 Å². The van der Waals surface area contributed by atoms with E-state index in [9.17, 15) is 13.2 Å². The first-order valence-corrected chi connectivity index (χ1v) is 8.33. The topological polar surface area (TPSA) is 72.3 Å². The molecule has 2 rings (SSSR count). The van der Waals surface area contributed by atoms with E-state index in [1.165, 1.54) is 4.31 Å². The highest BCUT2D eigenvalue weighted by molar-refractivity contribution is 7.89. The molecule has 112 valence electrons. The molecule has 1 aromatic heterocycles. The van der Waals surface area contributed by atoms with Crippen LogP contribution in [-0.2, 0) is 21.4 Å². The summed E-state index contributed by atoms with van der Waals surface area (Å²) >= 11 is 0. The van der Waals surface area contributed by atoms with Crippen LogP contribution >= 0.6 is 0 Å². The Morgan fingerprint density at radius 3 is 2.50 bits per heavy atom. The third kappa shape index (κ3) is 2.78. The smallest absolute Gasteiger partial charge is 0.262 e. The van der Waals surface area contributed by atoms with E-state index in [2.05, 4.69) is 4.98 Å². The second-order valence-electron chi connectivity index (χ2n) is 5.20. The van der Waals surface area contributed by atoms with E-state index in [1.54, 1.807) is 20.2 Å². The van der Waals surface area contributed by atoms with Crippen molar-refractivity contribution in [2.45, 2.75) is 57.1 Å². The minimum absolute atomic E-state index is 0.0938. The minimum Gasteiger partial charge on any atom is -0.334 e. The van der Waals surface area contributed by atoms with Gasteiger partial charge in [-0.1, -0.05) is 0 Å². The monoisotopic (exact) mass is 299 g/mol. The lowest BCUT2D eigenvalue weighted by Crippen LogP contribution is -2.39. The predicted molar refractivity (Wildman–Crippen MR) is 74.8 cm³/mol. The SMILES string of the molecule is CCn1cc(S(=O)(=O)N(C)C2CCC(=O)CC2)nc1C. The normalized spacial score (nSPS) is 17.9. The molecular weight excluding hydrogens is 278 g/mol. The van der Waals surface area contributed by atoms with E-state index >= 15 is 0 Å². The Morgan fingerprint density at radius 2 is 2.00 bits per heavy atom. The summed E-state index contributed by atoms with van der Waals surface area (Å²) in [6.45, 7) is 4.43. The Hall–Kier alpha value is -1.21. The number of Topliss-reactive ketones (excluding diaryl/α,β-unsaturated/α-hetero) is 1. The number of nitrogens with zero attached hydrogens (tertiary/aromatic N) is 3. The zero-order valence-electron chi connectivity index (χ0n) is 12.2. The van der Waals surface area contributed by atoms with Gasteiger partial charge in [0.05, 0.1) is 0 Å². The summed E-state index contributed by atoms with van der Waals surface area (Å²) in [5.74, 6) is 0.913. The summed E-state index contributed by atoms with van der Waals surface area (Å²) < 4.78 is 28.3. The molecule has 1 aromatic rings. The third-order valence-electron chi connectivity index (χ3n) is 3.97.